The average Bonchev–Trinajstić information content (AvgIpc) is 3.12. The number of aryl methyl sites for hydroxylation is 1. The van der Waals surface area contributed by atoms with Gasteiger partial charge in [-0.15, -0.1) is 0 Å². The number of rotatable bonds is 9. The second kappa shape index (κ2) is 10.7. The average molecular weight is 396 g/mol. The van der Waals surface area contributed by atoms with Gasteiger partial charge in [0.25, 0.3) is 5.91 Å². The number of nitrogens with zero attached hydrogens (tertiary/aromatic N) is 3. The summed E-state index contributed by atoms with van der Waals surface area (Å²) in [7, 11) is 4.16. The van der Waals surface area contributed by atoms with Crippen LogP contribution in [0.15, 0.2) is 46.2 Å². The van der Waals surface area contributed by atoms with Crippen LogP contribution in [0.5, 0.6) is 0 Å². The largest absolute Gasteiger partial charge is 0.387 e. The van der Waals surface area contributed by atoms with Crippen molar-refractivity contribution in [1.29, 1.82) is 0 Å². The van der Waals surface area contributed by atoms with E-state index < -0.39 is 0 Å². The van der Waals surface area contributed by atoms with E-state index in [-0.39, 0.29) is 5.91 Å². The molecule has 29 heavy (non-hydrogen) atoms. The predicted octanol–water partition coefficient (Wildman–Crippen LogP) is 4.00. The maximum absolute atomic E-state index is 12.5. The topological polar surface area (TPSA) is 83.1 Å². The first kappa shape index (κ1) is 22.6. The van der Waals surface area contributed by atoms with Gasteiger partial charge in [0.1, 0.15) is 11.5 Å². The van der Waals surface area contributed by atoms with Gasteiger partial charge in [0.05, 0.1) is 0 Å². The van der Waals surface area contributed by atoms with Crippen molar-refractivity contribution in [2.45, 2.75) is 46.5 Å². The number of nitrogens with two attached hydrogens (primary N) is 1. The highest BCUT2D eigenvalue weighted by Crippen LogP contribution is 2.24. The zero-order chi connectivity index (χ0) is 21.4. The van der Waals surface area contributed by atoms with Gasteiger partial charge in [-0.05, 0) is 82.6 Å². The van der Waals surface area contributed by atoms with Gasteiger partial charge in [-0.1, -0.05) is 19.1 Å². The quantitative estimate of drug-likeness (QED) is 0.620. The maximum Gasteiger partial charge on any atom is 0.274 e. The van der Waals surface area contributed by atoms with Crippen molar-refractivity contribution < 1.29 is 4.79 Å². The van der Waals surface area contributed by atoms with Crippen LogP contribution in [-0.4, -0.2) is 43.0 Å². The third kappa shape index (κ3) is 6.98. The summed E-state index contributed by atoms with van der Waals surface area (Å²) >= 11 is 0. The van der Waals surface area contributed by atoms with Crippen molar-refractivity contribution >= 4 is 28.7 Å². The Morgan fingerprint density at radius 2 is 2.10 bits per heavy atom. The van der Waals surface area contributed by atoms with E-state index in [4.69, 9.17) is 5.73 Å². The lowest BCUT2D eigenvalue weighted by Crippen LogP contribution is -2.15. The fraction of sp³-hybridized carbons (Fsp3) is 0.435. The van der Waals surface area contributed by atoms with Gasteiger partial charge in [0.15, 0.2) is 0 Å². The molecule has 0 bridgehead atoms. The van der Waals surface area contributed by atoms with Crippen molar-refractivity contribution in [2.75, 3.05) is 26.0 Å². The third-order valence-corrected chi connectivity index (χ3v) is 4.82. The smallest absolute Gasteiger partial charge is 0.274 e. The van der Waals surface area contributed by atoms with Crippen LogP contribution in [0.4, 0.5) is 5.69 Å². The molecule has 0 fully saturated rings. The molecule has 3 N–H and O–H groups in total. The van der Waals surface area contributed by atoms with E-state index >= 15 is 0 Å². The molecule has 6 nitrogen and oxygen atoms in total. The molecule has 1 aromatic carbocycles. The second-order valence-electron chi connectivity index (χ2n) is 7.66. The number of hydrogen-bond acceptors (Lipinski definition) is 5. The van der Waals surface area contributed by atoms with Gasteiger partial charge in [0, 0.05) is 24.0 Å². The number of hydrogen-bond donors (Lipinski definition) is 2. The van der Waals surface area contributed by atoms with E-state index in [1.807, 2.05) is 19.2 Å². The molecule has 1 aliphatic rings. The molecule has 6 heteroatoms. The SMILES string of the molecule is CCc1ccc(/C(C)=C/N=C(C)CCCN(C)C)cc1NC(=O)C1=CCC(N)=N1. The number of allylic oxidation sites excluding steroid dienone is 1. The number of amidine groups is 1. The molecule has 0 aromatic heterocycles. The van der Waals surface area contributed by atoms with Crippen molar-refractivity contribution in [2.24, 2.45) is 15.7 Å². The van der Waals surface area contributed by atoms with Crippen LogP contribution in [0.2, 0.25) is 0 Å². The fourth-order valence-electron chi connectivity index (χ4n) is 3.02. The van der Waals surface area contributed by atoms with Crippen LogP contribution in [-0.2, 0) is 11.2 Å². The minimum absolute atomic E-state index is 0.228. The van der Waals surface area contributed by atoms with E-state index in [0.29, 0.717) is 18.0 Å². The number of aliphatic imine (C=N–C) groups is 2. The van der Waals surface area contributed by atoms with Gasteiger partial charge >= 0.3 is 0 Å². The van der Waals surface area contributed by atoms with E-state index in [9.17, 15) is 4.79 Å². The van der Waals surface area contributed by atoms with Crippen LogP contribution in [0.25, 0.3) is 5.57 Å². The Labute approximate surface area is 174 Å². The van der Waals surface area contributed by atoms with Crippen LogP contribution < -0.4 is 11.1 Å². The molecule has 1 amide bonds. The molecule has 0 unspecified atom stereocenters. The van der Waals surface area contributed by atoms with Gasteiger partial charge in [-0.25, -0.2) is 4.99 Å². The molecular formula is C23H33N5O. The Bertz CT molecular complexity index is 862. The minimum atomic E-state index is -0.228. The van der Waals surface area contributed by atoms with E-state index in [0.717, 1.165) is 53.9 Å². The summed E-state index contributed by atoms with van der Waals surface area (Å²) in [5, 5.41) is 2.99. The molecule has 0 saturated heterocycles. The van der Waals surface area contributed by atoms with Crippen LogP contribution in [0, 0.1) is 0 Å². The lowest BCUT2D eigenvalue weighted by Gasteiger charge is -2.12. The summed E-state index contributed by atoms with van der Waals surface area (Å²) in [5.41, 5.74) is 11.1. The number of nitrogens with one attached hydrogen (secondary N) is 1. The first-order chi connectivity index (χ1) is 13.8. The third-order valence-electron chi connectivity index (χ3n) is 4.82. The number of carbonyl (C=O) groups excluding carboxylic acids is 1. The van der Waals surface area contributed by atoms with Crippen molar-refractivity contribution in [3.05, 3.63) is 47.3 Å². The van der Waals surface area contributed by atoms with E-state index in [1.165, 1.54) is 0 Å². The van der Waals surface area contributed by atoms with Crippen molar-refractivity contribution in [3.63, 3.8) is 0 Å². The maximum atomic E-state index is 12.5. The highest BCUT2D eigenvalue weighted by atomic mass is 16.2. The highest BCUT2D eigenvalue weighted by Gasteiger charge is 2.15. The Morgan fingerprint density at radius 3 is 2.72 bits per heavy atom. The lowest BCUT2D eigenvalue weighted by atomic mass is 10.0. The zero-order valence-electron chi connectivity index (χ0n) is 18.2. The molecule has 0 spiro atoms. The lowest BCUT2D eigenvalue weighted by molar-refractivity contribution is -0.112. The molecular weight excluding hydrogens is 362 g/mol. The van der Waals surface area contributed by atoms with E-state index in [2.05, 4.69) is 60.3 Å². The molecule has 0 saturated carbocycles. The summed E-state index contributed by atoms with van der Waals surface area (Å²) in [5.74, 6) is 0.242. The Kier molecular flexibility index (Phi) is 8.34. The molecule has 0 radical (unpaired) electrons. The molecule has 1 aliphatic heterocycles. The molecule has 156 valence electrons. The summed E-state index contributed by atoms with van der Waals surface area (Å²) in [6.07, 6.45) is 7.08. The van der Waals surface area contributed by atoms with Crippen molar-refractivity contribution in [3.8, 4) is 0 Å². The monoisotopic (exact) mass is 395 g/mol. The van der Waals surface area contributed by atoms with Gasteiger partial charge < -0.3 is 16.0 Å². The standard InChI is InChI=1S/C23H33N5O/c1-6-18-9-10-19(16(2)15-25-17(3)8-7-13-28(4)5)14-21(18)27-23(29)20-11-12-22(24)26-20/h9-11,14-15H,6-8,12-13H2,1-5H3,(H2,24,26)(H,27,29)/b16-15+,25-17?. The number of amides is 1. The predicted molar refractivity (Wildman–Crippen MR) is 123 cm³/mol. The van der Waals surface area contributed by atoms with Gasteiger partial charge in [-0.3, -0.25) is 9.79 Å². The summed E-state index contributed by atoms with van der Waals surface area (Å²) < 4.78 is 0. The zero-order valence-corrected chi connectivity index (χ0v) is 18.2. The van der Waals surface area contributed by atoms with Gasteiger partial charge in [0.2, 0.25) is 0 Å². The second-order valence-corrected chi connectivity index (χ2v) is 7.66. The molecule has 0 aliphatic carbocycles. The Morgan fingerprint density at radius 1 is 1.34 bits per heavy atom. The number of benzene rings is 1. The van der Waals surface area contributed by atoms with E-state index in [1.54, 1.807) is 6.08 Å². The Balaban J connectivity index is 2.13. The van der Waals surface area contributed by atoms with Crippen LogP contribution in [0.1, 0.15) is 51.2 Å². The Hall–Kier alpha value is -2.73. The first-order valence-electron chi connectivity index (χ1n) is 10.1. The van der Waals surface area contributed by atoms with Crippen LogP contribution >= 0.6 is 0 Å². The van der Waals surface area contributed by atoms with Gasteiger partial charge in [-0.2, -0.15) is 0 Å². The summed E-state index contributed by atoms with van der Waals surface area (Å²) in [6.45, 7) is 7.23. The molecule has 1 aromatic rings. The van der Waals surface area contributed by atoms with Crippen LogP contribution in [0.3, 0.4) is 0 Å². The molecule has 1 heterocycles. The number of carbonyl (C=O) groups is 1. The highest BCUT2D eigenvalue weighted by molar-refractivity contribution is 6.07. The molecule has 0 atom stereocenters. The first-order valence-corrected chi connectivity index (χ1v) is 10.1. The normalized spacial score (nSPS) is 14.8. The van der Waals surface area contributed by atoms with Crippen molar-refractivity contribution in [1.82, 2.24) is 4.90 Å². The summed E-state index contributed by atoms with van der Waals surface area (Å²) in [4.78, 5) is 23.4. The fourth-order valence-corrected chi connectivity index (χ4v) is 3.02. The molecule has 2 rings (SSSR count). The minimum Gasteiger partial charge on any atom is -0.387 e. The number of anilines is 1. The summed E-state index contributed by atoms with van der Waals surface area (Å²) in [6, 6.07) is 6.13.